The van der Waals surface area contributed by atoms with Crippen molar-refractivity contribution in [3.05, 3.63) is 47.5 Å². The zero-order valence-corrected chi connectivity index (χ0v) is 16.1. The molecule has 7 nitrogen and oxygen atoms in total. The fourth-order valence-corrected chi connectivity index (χ4v) is 3.61. The summed E-state index contributed by atoms with van der Waals surface area (Å²) < 4.78 is 42.1. The molecular weight excluding hydrogens is 358 g/mol. The van der Waals surface area contributed by atoms with Crippen molar-refractivity contribution in [1.29, 1.82) is 0 Å². The molecule has 0 amide bonds. The number of hydrogen-bond donors (Lipinski definition) is 0. The predicted molar refractivity (Wildman–Crippen MR) is 97.7 cm³/mol. The molecule has 0 N–H and O–H groups in total. The third kappa shape index (κ3) is 3.60. The van der Waals surface area contributed by atoms with E-state index in [2.05, 4.69) is 0 Å². The maximum Gasteiger partial charge on any atom is 0.340 e. The van der Waals surface area contributed by atoms with Gasteiger partial charge in [-0.25, -0.2) is 13.2 Å². The summed E-state index contributed by atoms with van der Waals surface area (Å²) in [4.78, 5) is 12.3. The second-order valence-corrected chi connectivity index (χ2v) is 7.47. The van der Waals surface area contributed by atoms with Gasteiger partial charge in [-0.1, -0.05) is 17.7 Å². The molecule has 0 aromatic heterocycles. The van der Waals surface area contributed by atoms with Gasteiger partial charge in [0, 0.05) is 19.2 Å². The van der Waals surface area contributed by atoms with E-state index < -0.39 is 16.0 Å². The van der Waals surface area contributed by atoms with Crippen LogP contribution in [0.2, 0.25) is 0 Å². The molecule has 2 aromatic rings. The first-order valence-electron chi connectivity index (χ1n) is 7.66. The lowest BCUT2D eigenvalue weighted by molar-refractivity contribution is 0.0601. The molecule has 0 aliphatic carbocycles. The van der Waals surface area contributed by atoms with Gasteiger partial charge in [-0.2, -0.15) is 0 Å². The van der Waals surface area contributed by atoms with Crippen LogP contribution in [0.4, 0.5) is 5.69 Å². The summed E-state index contributed by atoms with van der Waals surface area (Å²) in [5.74, 6) is -0.106. The smallest absolute Gasteiger partial charge is 0.340 e. The number of aryl methyl sites for hydroxylation is 1. The fourth-order valence-electron chi connectivity index (χ4n) is 2.40. The first-order chi connectivity index (χ1) is 12.3. The highest BCUT2D eigenvalue weighted by Gasteiger charge is 2.27. The Labute approximate surface area is 153 Å². The van der Waals surface area contributed by atoms with Crippen molar-refractivity contribution >= 4 is 21.7 Å². The highest BCUT2D eigenvalue weighted by Crippen LogP contribution is 2.37. The number of nitrogens with zero attached hydrogens (tertiary/aromatic N) is 1. The summed E-state index contributed by atoms with van der Waals surface area (Å²) in [7, 11) is 1.54. The summed E-state index contributed by atoms with van der Waals surface area (Å²) in [6.07, 6.45) is 0. The Morgan fingerprint density at radius 3 is 2.00 bits per heavy atom. The number of benzene rings is 2. The van der Waals surface area contributed by atoms with Gasteiger partial charge in [0.2, 0.25) is 0 Å². The van der Waals surface area contributed by atoms with Crippen LogP contribution < -0.4 is 13.8 Å². The van der Waals surface area contributed by atoms with E-state index in [4.69, 9.17) is 14.2 Å². The molecule has 2 rings (SSSR count). The van der Waals surface area contributed by atoms with Crippen molar-refractivity contribution < 1.29 is 27.4 Å². The minimum atomic E-state index is -3.89. The van der Waals surface area contributed by atoms with E-state index in [9.17, 15) is 13.2 Å². The number of hydrogen-bond acceptors (Lipinski definition) is 6. The van der Waals surface area contributed by atoms with Crippen LogP contribution in [0, 0.1) is 6.92 Å². The largest absolute Gasteiger partial charge is 0.493 e. The van der Waals surface area contributed by atoms with E-state index in [-0.39, 0.29) is 21.9 Å². The number of carbonyl (C=O) groups excluding carboxylic acids is 1. The zero-order valence-electron chi connectivity index (χ0n) is 15.3. The highest BCUT2D eigenvalue weighted by atomic mass is 32.2. The molecule has 0 aliphatic heterocycles. The quantitative estimate of drug-likeness (QED) is 0.718. The van der Waals surface area contributed by atoms with Crippen LogP contribution in [0.1, 0.15) is 15.9 Å². The predicted octanol–water partition coefficient (Wildman–Crippen LogP) is 2.62. The van der Waals surface area contributed by atoms with E-state index in [1.54, 1.807) is 12.1 Å². The third-order valence-electron chi connectivity index (χ3n) is 3.93. The molecule has 0 unspecified atom stereocenters. The Morgan fingerprint density at radius 2 is 1.50 bits per heavy atom. The van der Waals surface area contributed by atoms with Crippen LogP contribution in [0.15, 0.2) is 41.3 Å². The number of sulfonamides is 1. The lowest BCUT2D eigenvalue weighted by Gasteiger charge is -2.23. The van der Waals surface area contributed by atoms with E-state index >= 15 is 0 Å². The van der Waals surface area contributed by atoms with Crippen LogP contribution in [-0.4, -0.2) is 42.8 Å². The Balaban J connectivity index is 2.64. The average Bonchev–Trinajstić information content (AvgIpc) is 2.65. The monoisotopic (exact) mass is 379 g/mol. The van der Waals surface area contributed by atoms with Gasteiger partial charge in [-0.15, -0.1) is 0 Å². The molecule has 140 valence electrons. The molecular formula is C18H21NO6S. The zero-order chi connectivity index (χ0) is 19.5. The second kappa shape index (κ2) is 7.65. The molecule has 0 spiro atoms. The molecule has 0 heterocycles. The number of methoxy groups -OCH3 is 3. The number of rotatable bonds is 6. The first-order valence-corrected chi connectivity index (χ1v) is 9.10. The molecule has 26 heavy (non-hydrogen) atoms. The summed E-state index contributed by atoms with van der Waals surface area (Å²) >= 11 is 0. The molecule has 0 radical (unpaired) electrons. The maximum atomic E-state index is 13.0. The Bertz CT molecular complexity index is 906. The van der Waals surface area contributed by atoms with Gasteiger partial charge in [-0.05, 0) is 19.1 Å². The molecule has 0 bridgehead atoms. The number of ether oxygens (including phenoxy) is 3. The molecule has 2 aromatic carbocycles. The molecule has 8 heteroatoms. The molecule has 0 saturated heterocycles. The second-order valence-electron chi connectivity index (χ2n) is 5.50. The minimum Gasteiger partial charge on any atom is -0.493 e. The van der Waals surface area contributed by atoms with Gasteiger partial charge in [-0.3, -0.25) is 4.31 Å². The van der Waals surface area contributed by atoms with Crippen molar-refractivity contribution in [2.24, 2.45) is 0 Å². The Hall–Kier alpha value is -2.74. The number of anilines is 1. The topological polar surface area (TPSA) is 82.1 Å². The van der Waals surface area contributed by atoms with E-state index in [0.29, 0.717) is 5.75 Å². The summed E-state index contributed by atoms with van der Waals surface area (Å²) in [6, 6.07) is 9.25. The van der Waals surface area contributed by atoms with Crippen molar-refractivity contribution in [2.75, 3.05) is 32.7 Å². The van der Waals surface area contributed by atoms with Gasteiger partial charge in [0.05, 0.1) is 37.5 Å². The summed E-state index contributed by atoms with van der Waals surface area (Å²) in [5, 5.41) is 0. The third-order valence-corrected chi connectivity index (χ3v) is 5.71. The number of carbonyl (C=O) groups is 1. The standard InChI is InChI=1S/C18H21NO6S/c1-12-6-8-13(9-7-12)26(21,22)19(2)15-11-17(24-4)16(23-3)10-14(15)18(20)25-5/h6-11H,1-5H3. The van der Waals surface area contributed by atoms with Crippen molar-refractivity contribution in [1.82, 2.24) is 0 Å². The van der Waals surface area contributed by atoms with Crippen LogP contribution in [0.25, 0.3) is 0 Å². The van der Waals surface area contributed by atoms with Crippen molar-refractivity contribution in [2.45, 2.75) is 11.8 Å². The average molecular weight is 379 g/mol. The fraction of sp³-hybridized carbons (Fsp3) is 0.278. The molecule has 0 fully saturated rings. The Kier molecular flexibility index (Phi) is 5.76. The maximum absolute atomic E-state index is 13.0. The normalized spacial score (nSPS) is 11.0. The first kappa shape index (κ1) is 19.6. The van der Waals surface area contributed by atoms with Gasteiger partial charge < -0.3 is 14.2 Å². The van der Waals surface area contributed by atoms with Gasteiger partial charge >= 0.3 is 5.97 Å². The lowest BCUT2D eigenvalue weighted by Crippen LogP contribution is -2.28. The minimum absolute atomic E-state index is 0.0448. The van der Waals surface area contributed by atoms with Crippen molar-refractivity contribution in [3.8, 4) is 11.5 Å². The van der Waals surface area contributed by atoms with Gasteiger partial charge in [0.1, 0.15) is 0 Å². The van der Waals surface area contributed by atoms with E-state index in [0.717, 1.165) is 9.87 Å². The van der Waals surface area contributed by atoms with Crippen LogP contribution in [0.3, 0.4) is 0 Å². The molecule has 0 saturated carbocycles. The van der Waals surface area contributed by atoms with Crippen LogP contribution >= 0.6 is 0 Å². The highest BCUT2D eigenvalue weighted by molar-refractivity contribution is 7.92. The number of esters is 1. The van der Waals surface area contributed by atoms with Crippen LogP contribution in [-0.2, 0) is 14.8 Å². The lowest BCUT2D eigenvalue weighted by atomic mass is 10.1. The Morgan fingerprint density at radius 1 is 0.962 bits per heavy atom. The van der Waals surface area contributed by atoms with E-state index in [1.165, 1.54) is 52.6 Å². The van der Waals surface area contributed by atoms with E-state index in [1.807, 2.05) is 6.92 Å². The summed E-state index contributed by atoms with van der Waals surface area (Å²) in [5.41, 5.74) is 1.10. The van der Waals surface area contributed by atoms with Crippen molar-refractivity contribution in [3.63, 3.8) is 0 Å². The molecule has 0 aliphatic rings. The summed E-state index contributed by atoms with van der Waals surface area (Å²) in [6.45, 7) is 1.86. The van der Waals surface area contributed by atoms with Crippen LogP contribution in [0.5, 0.6) is 11.5 Å². The van der Waals surface area contributed by atoms with Gasteiger partial charge in [0.25, 0.3) is 10.0 Å². The van der Waals surface area contributed by atoms with Gasteiger partial charge in [0.15, 0.2) is 11.5 Å². The molecule has 0 atom stereocenters. The SMILES string of the molecule is COC(=O)c1cc(OC)c(OC)cc1N(C)S(=O)(=O)c1ccc(C)cc1.